The summed E-state index contributed by atoms with van der Waals surface area (Å²) in [5, 5.41) is 23.5. The Morgan fingerprint density at radius 3 is 2.57 bits per heavy atom. The van der Waals surface area contributed by atoms with Crippen LogP contribution in [-0.2, 0) is 5.75 Å². The SMILES string of the molecule is N#Cc1c(N2CCN(c3ccccc3)CC2)nc(SCc2nn[nH]n2)[nH]c1=O. The van der Waals surface area contributed by atoms with Crippen LogP contribution in [0.1, 0.15) is 11.4 Å². The first-order valence-corrected chi connectivity index (χ1v) is 9.67. The highest BCUT2D eigenvalue weighted by Gasteiger charge is 2.23. The summed E-state index contributed by atoms with van der Waals surface area (Å²) in [4.78, 5) is 23.8. The van der Waals surface area contributed by atoms with Crippen LogP contribution in [0.5, 0.6) is 0 Å². The number of H-pyrrole nitrogens is 2. The zero-order valence-electron chi connectivity index (χ0n) is 14.9. The molecule has 1 aromatic carbocycles. The van der Waals surface area contributed by atoms with Crippen molar-refractivity contribution in [3.05, 3.63) is 52.1 Å². The van der Waals surface area contributed by atoms with E-state index in [4.69, 9.17) is 0 Å². The number of piperazine rings is 1. The quantitative estimate of drug-likeness (QED) is 0.475. The molecule has 11 heteroatoms. The van der Waals surface area contributed by atoms with E-state index in [1.165, 1.54) is 11.8 Å². The molecule has 0 aliphatic carbocycles. The number of benzene rings is 1. The van der Waals surface area contributed by atoms with E-state index < -0.39 is 5.56 Å². The number of thioether (sulfide) groups is 1. The molecule has 0 saturated carbocycles. The van der Waals surface area contributed by atoms with E-state index in [0.29, 0.717) is 35.6 Å². The van der Waals surface area contributed by atoms with Gasteiger partial charge in [0.15, 0.2) is 22.4 Å². The van der Waals surface area contributed by atoms with E-state index in [1.807, 2.05) is 29.2 Å². The number of anilines is 2. The molecule has 142 valence electrons. The fraction of sp³-hybridized carbons (Fsp3) is 0.294. The molecule has 0 radical (unpaired) electrons. The summed E-state index contributed by atoms with van der Waals surface area (Å²) in [5.41, 5.74) is 0.767. The number of aromatic nitrogens is 6. The summed E-state index contributed by atoms with van der Waals surface area (Å²) in [6.45, 7) is 2.92. The first-order chi connectivity index (χ1) is 13.7. The standard InChI is InChI=1S/C17H17N9OS/c18-10-13-15(19-17(20-16(13)27)28-11-14-21-23-24-22-14)26-8-6-25(7-9-26)12-4-2-1-3-5-12/h1-5H,6-9,11H2,(H,19,20,27)(H,21,22,23,24). The van der Waals surface area contributed by atoms with Crippen molar-refractivity contribution < 1.29 is 0 Å². The normalized spacial score (nSPS) is 14.1. The van der Waals surface area contributed by atoms with Gasteiger partial charge in [0.25, 0.3) is 5.56 Å². The molecule has 1 fully saturated rings. The number of nitriles is 1. The Kier molecular flexibility index (Phi) is 5.20. The van der Waals surface area contributed by atoms with Crippen LogP contribution in [0.2, 0.25) is 0 Å². The highest BCUT2D eigenvalue weighted by Crippen LogP contribution is 2.23. The summed E-state index contributed by atoms with van der Waals surface area (Å²) >= 11 is 1.29. The molecule has 1 aliphatic heterocycles. The molecule has 3 heterocycles. The highest BCUT2D eigenvalue weighted by molar-refractivity contribution is 7.98. The van der Waals surface area contributed by atoms with Crippen molar-refractivity contribution in [2.24, 2.45) is 0 Å². The highest BCUT2D eigenvalue weighted by atomic mass is 32.2. The summed E-state index contributed by atoms with van der Waals surface area (Å²) < 4.78 is 0. The van der Waals surface area contributed by atoms with Crippen LogP contribution in [-0.4, -0.2) is 56.8 Å². The van der Waals surface area contributed by atoms with Crippen molar-refractivity contribution in [1.82, 2.24) is 30.6 Å². The summed E-state index contributed by atoms with van der Waals surface area (Å²) in [6.07, 6.45) is 0. The number of nitrogens with one attached hydrogen (secondary N) is 2. The third-order valence-electron chi connectivity index (χ3n) is 4.42. The van der Waals surface area contributed by atoms with Crippen LogP contribution in [0.3, 0.4) is 0 Å². The minimum atomic E-state index is -0.436. The Labute approximate surface area is 164 Å². The minimum Gasteiger partial charge on any atom is -0.368 e. The number of hydrogen-bond acceptors (Lipinski definition) is 9. The molecule has 2 aromatic heterocycles. The average Bonchev–Trinajstić information content (AvgIpc) is 3.26. The van der Waals surface area contributed by atoms with E-state index in [1.54, 1.807) is 0 Å². The van der Waals surface area contributed by atoms with Crippen molar-refractivity contribution in [2.75, 3.05) is 36.0 Å². The second kappa shape index (κ2) is 8.10. The third-order valence-corrected chi connectivity index (χ3v) is 5.29. The van der Waals surface area contributed by atoms with Gasteiger partial charge >= 0.3 is 0 Å². The Morgan fingerprint density at radius 1 is 1.14 bits per heavy atom. The van der Waals surface area contributed by atoms with Gasteiger partial charge in [0.2, 0.25) is 0 Å². The van der Waals surface area contributed by atoms with Gasteiger partial charge < -0.3 is 14.8 Å². The summed E-state index contributed by atoms with van der Waals surface area (Å²) in [7, 11) is 0. The molecule has 0 unspecified atom stereocenters. The smallest absolute Gasteiger partial charge is 0.271 e. The Morgan fingerprint density at radius 2 is 1.89 bits per heavy atom. The van der Waals surface area contributed by atoms with E-state index in [9.17, 15) is 10.1 Å². The third kappa shape index (κ3) is 3.81. The van der Waals surface area contributed by atoms with Gasteiger partial charge in [-0.15, -0.1) is 10.2 Å². The molecule has 28 heavy (non-hydrogen) atoms. The predicted molar refractivity (Wildman–Crippen MR) is 104 cm³/mol. The molecule has 0 spiro atoms. The molecule has 1 saturated heterocycles. The fourth-order valence-corrected chi connectivity index (χ4v) is 3.73. The minimum absolute atomic E-state index is 0.0390. The van der Waals surface area contributed by atoms with Gasteiger partial charge in [0.1, 0.15) is 6.07 Å². The monoisotopic (exact) mass is 395 g/mol. The first kappa shape index (κ1) is 18.0. The van der Waals surface area contributed by atoms with E-state index >= 15 is 0 Å². The first-order valence-electron chi connectivity index (χ1n) is 8.69. The molecule has 0 amide bonds. The van der Waals surface area contributed by atoms with Gasteiger partial charge in [-0.05, 0) is 12.1 Å². The van der Waals surface area contributed by atoms with Crippen LogP contribution in [0.4, 0.5) is 11.5 Å². The lowest BCUT2D eigenvalue weighted by Crippen LogP contribution is -2.47. The maximum absolute atomic E-state index is 12.4. The molecule has 2 N–H and O–H groups in total. The van der Waals surface area contributed by atoms with Crippen LogP contribution in [0.25, 0.3) is 0 Å². The number of tetrazole rings is 1. The zero-order valence-corrected chi connectivity index (χ0v) is 15.7. The molecule has 1 aliphatic rings. The van der Waals surface area contributed by atoms with E-state index in [-0.39, 0.29) is 5.56 Å². The predicted octanol–water partition coefficient (Wildman–Crippen LogP) is 0.774. The molecule has 10 nitrogen and oxygen atoms in total. The lowest BCUT2D eigenvalue weighted by atomic mass is 10.2. The van der Waals surface area contributed by atoms with Gasteiger partial charge in [-0.2, -0.15) is 10.5 Å². The molecule has 0 atom stereocenters. The van der Waals surface area contributed by atoms with Crippen molar-refractivity contribution in [3.8, 4) is 6.07 Å². The van der Waals surface area contributed by atoms with Gasteiger partial charge in [-0.3, -0.25) is 4.79 Å². The summed E-state index contributed by atoms with van der Waals surface area (Å²) in [5.74, 6) is 1.34. The number of aromatic amines is 2. The Balaban J connectivity index is 1.51. The van der Waals surface area contributed by atoms with Gasteiger partial charge in [-0.1, -0.05) is 35.2 Å². The van der Waals surface area contributed by atoms with Gasteiger partial charge in [0, 0.05) is 31.9 Å². The second-order valence-electron chi connectivity index (χ2n) is 6.11. The lowest BCUT2D eigenvalue weighted by molar-refractivity contribution is 0.641. The van der Waals surface area contributed by atoms with Crippen LogP contribution >= 0.6 is 11.8 Å². The van der Waals surface area contributed by atoms with Crippen LogP contribution in [0, 0.1) is 11.3 Å². The Hall–Kier alpha value is -3.39. The maximum atomic E-state index is 12.4. The van der Waals surface area contributed by atoms with Crippen molar-refractivity contribution >= 4 is 23.3 Å². The Bertz CT molecular complexity index is 1020. The topological polar surface area (TPSA) is 130 Å². The average molecular weight is 395 g/mol. The van der Waals surface area contributed by atoms with Crippen molar-refractivity contribution in [3.63, 3.8) is 0 Å². The lowest BCUT2D eigenvalue weighted by Gasteiger charge is -2.36. The van der Waals surface area contributed by atoms with E-state index in [2.05, 4.69) is 47.6 Å². The zero-order chi connectivity index (χ0) is 19.3. The molecular weight excluding hydrogens is 378 g/mol. The summed E-state index contributed by atoms with van der Waals surface area (Å²) in [6, 6.07) is 12.2. The second-order valence-corrected chi connectivity index (χ2v) is 7.07. The van der Waals surface area contributed by atoms with E-state index in [0.717, 1.165) is 18.8 Å². The number of hydrogen-bond donors (Lipinski definition) is 2. The number of para-hydroxylation sites is 1. The van der Waals surface area contributed by atoms with Crippen LogP contribution < -0.4 is 15.4 Å². The van der Waals surface area contributed by atoms with Crippen LogP contribution in [0.15, 0.2) is 40.3 Å². The van der Waals surface area contributed by atoms with Gasteiger partial charge in [-0.25, -0.2) is 4.98 Å². The molecule has 4 rings (SSSR count). The fourth-order valence-electron chi connectivity index (χ4n) is 3.03. The largest absolute Gasteiger partial charge is 0.368 e. The maximum Gasteiger partial charge on any atom is 0.271 e. The number of rotatable bonds is 5. The number of nitrogens with zero attached hydrogens (tertiary/aromatic N) is 7. The van der Waals surface area contributed by atoms with Crippen molar-refractivity contribution in [1.29, 1.82) is 5.26 Å². The van der Waals surface area contributed by atoms with Gasteiger partial charge in [0.05, 0.1) is 5.75 Å². The molecule has 0 bridgehead atoms. The molecular formula is C17H17N9OS. The molecule has 3 aromatic rings. The van der Waals surface area contributed by atoms with Crippen molar-refractivity contribution in [2.45, 2.75) is 10.9 Å².